The first-order valence-corrected chi connectivity index (χ1v) is 9.71. The van der Waals surface area contributed by atoms with Crippen molar-refractivity contribution >= 4 is 11.6 Å². The molecular weight excluding hydrogens is 378 g/mol. The smallest absolute Gasteiger partial charge is 0.285 e. The molecule has 3 aromatic carbocycles. The van der Waals surface area contributed by atoms with Crippen LogP contribution in [0.25, 0.3) is 11.1 Å². The van der Waals surface area contributed by atoms with Gasteiger partial charge in [0.1, 0.15) is 5.56 Å². The molecule has 0 atom stereocenters. The van der Waals surface area contributed by atoms with E-state index in [1.54, 1.807) is 19.1 Å². The van der Waals surface area contributed by atoms with E-state index < -0.39 is 10.8 Å². The minimum Gasteiger partial charge on any atom is -0.348 e. The van der Waals surface area contributed by atoms with Crippen LogP contribution in [0.5, 0.6) is 0 Å². The van der Waals surface area contributed by atoms with Crippen LogP contribution in [0, 0.1) is 17.0 Å². The maximum absolute atomic E-state index is 12.7. The number of amides is 1. The van der Waals surface area contributed by atoms with E-state index in [1.165, 1.54) is 11.6 Å². The van der Waals surface area contributed by atoms with Crippen molar-refractivity contribution in [2.75, 3.05) is 14.1 Å². The summed E-state index contributed by atoms with van der Waals surface area (Å²) in [6.45, 7) is 2.77. The minimum atomic E-state index is -0.506. The molecule has 0 fully saturated rings. The predicted molar refractivity (Wildman–Crippen MR) is 118 cm³/mol. The van der Waals surface area contributed by atoms with Crippen molar-refractivity contribution in [3.8, 4) is 11.1 Å². The van der Waals surface area contributed by atoms with Crippen LogP contribution in [0.3, 0.4) is 0 Å². The summed E-state index contributed by atoms with van der Waals surface area (Å²) in [6.07, 6.45) is 0. The van der Waals surface area contributed by atoms with Gasteiger partial charge in [-0.1, -0.05) is 60.7 Å². The Bertz CT molecular complexity index is 1060. The molecule has 0 radical (unpaired) electrons. The zero-order chi connectivity index (χ0) is 21.7. The molecule has 0 bridgehead atoms. The van der Waals surface area contributed by atoms with Crippen LogP contribution in [0.2, 0.25) is 0 Å². The molecule has 1 amide bonds. The first kappa shape index (κ1) is 21.2. The molecule has 0 unspecified atom stereocenters. The van der Waals surface area contributed by atoms with Gasteiger partial charge in [0.15, 0.2) is 0 Å². The molecule has 0 aliphatic heterocycles. The molecule has 0 aliphatic rings. The van der Waals surface area contributed by atoms with Crippen LogP contribution in [-0.2, 0) is 13.1 Å². The predicted octanol–water partition coefficient (Wildman–Crippen LogP) is 4.56. The second kappa shape index (κ2) is 9.33. The van der Waals surface area contributed by atoms with Gasteiger partial charge >= 0.3 is 0 Å². The Hall–Kier alpha value is -3.51. The SMILES string of the molecule is Cc1cccc(C(=O)NCc2ccccc2-c2ccc(CN(C)C)cc2)c1[N+](=O)[O-]. The van der Waals surface area contributed by atoms with Crippen LogP contribution < -0.4 is 5.32 Å². The Balaban J connectivity index is 1.80. The fourth-order valence-electron chi connectivity index (χ4n) is 3.47. The number of benzene rings is 3. The number of nitrogens with one attached hydrogen (secondary N) is 1. The van der Waals surface area contributed by atoms with E-state index in [2.05, 4.69) is 34.5 Å². The van der Waals surface area contributed by atoms with Gasteiger partial charge in [0.05, 0.1) is 4.92 Å². The topological polar surface area (TPSA) is 75.5 Å². The molecule has 0 aliphatic carbocycles. The lowest BCUT2D eigenvalue weighted by Gasteiger charge is -2.13. The number of carbonyl (C=O) groups excluding carboxylic acids is 1. The number of para-hydroxylation sites is 1. The molecule has 6 nitrogen and oxygen atoms in total. The maximum atomic E-state index is 12.7. The quantitative estimate of drug-likeness (QED) is 0.463. The Labute approximate surface area is 176 Å². The molecule has 3 rings (SSSR count). The number of hydrogen-bond donors (Lipinski definition) is 1. The van der Waals surface area contributed by atoms with Crippen LogP contribution in [0.15, 0.2) is 66.7 Å². The molecule has 30 heavy (non-hydrogen) atoms. The standard InChI is InChI=1S/C24H25N3O3/c1-17-7-6-10-22(23(17)27(29)30)24(28)25-15-20-8-4-5-9-21(20)19-13-11-18(12-14-19)16-26(2)3/h4-14H,15-16H2,1-3H3,(H,25,28). The zero-order valence-corrected chi connectivity index (χ0v) is 17.4. The van der Waals surface area contributed by atoms with Gasteiger partial charge in [-0.05, 0) is 49.3 Å². The van der Waals surface area contributed by atoms with Crippen molar-refractivity contribution in [3.63, 3.8) is 0 Å². The molecule has 1 N–H and O–H groups in total. The summed E-state index contributed by atoms with van der Waals surface area (Å²) >= 11 is 0. The average Bonchev–Trinajstić information content (AvgIpc) is 2.72. The molecule has 6 heteroatoms. The molecule has 0 heterocycles. The van der Waals surface area contributed by atoms with E-state index in [4.69, 9.17) is 0 Å². The molecule has 0 saturated heterocycles. The van der Waals surface area contributed by atoms with Gasteiger partial charge in [-0.3, -0.25) is 14.9 Å². The van der Waals surface area contributed by atoms with Crippen LogP contribution in [-0.4, -0.2) is 29.8 Å². The lowest BCUT2D eigenvalue weighted by atomic mass is 9.98. The number of hydrogen-bond acceptors (Lipinski definition) is 4. The van der Waals surface area contributed by atoms with Crippen molar-refractivity contribution in [2.24, 2.45) is 0 Å². The Morgan fingerprint density at radius 3 is 2.37 bits per heavy atom. The molecule has 154 valence electrons. The lowest BCUT2D eigenvalue weighted by Crippen LogP contribution is -2.24. The van der Waals surface area contributed by atoms with Gasteiger partial charge in [0.25, 0.3) is 11.6 Å². The van der Waals surface area contributed by atoms with E-state index >= 15 is 0 Å². The number of carbonyl (C=O) groups is 1. The maximum Gasteiger partial charge on any atom is 0.285 e. The summed E-state index contributed by atoms with van der Waals surface area (Å²) in [5, 5.41) is 14.2. The first-order valence-electron chi connectivity index (χ1n) is 9.71. The summed E-state index contributed by atoms with van der Waals surface area (Å²) in [7, 11) is 4.06. The molecule has 0 aromatic heterocycles. The number of rotatable bonds is 7. The third-order valence-electron chi connectivity index (χ3n) is 4.89. The second-order valence-electron chi connectivity index (χ2n) is 7.50. The number of aryl methyl sites for hydroxylation is 1. The fourth-order valence-corrected chi connectivity index (χ4v) is 3.47. The van der Waals surface area contributed by atoms with Crippen molar-refractivity contribution in [1.82, 2.24) is 10.2 Å². The van der Waals surface area contributed by atoms with E-state index in [0.29, 0.717) is 5.56 Å². The Kier molecular flexibility index (Phi) is 6.59. The Morgan fingerprint density at radius 1 is 1.00 bits per heavy atom. The Morgan fingerprint density at radius 2 is 1.70 bits per heavy atom. The third-order valence-corrected chi connectivity index (χ3v) is 4.89. The molecule has 3 aromatic rings. The summed E-state index contributed by atoms with van der Waals surface area (Å²) < 4.78 is 0. The largest absolute Gasteiger partial charge is 0.348 e. The van der Waals surface area contributed by atoms with Gasteiger partial charge in [0, 0.05) is 18.7 Å². The van der Waals surface area contributed by atoms with Crippen molar-refractivity contribution in [1.29, 1.82) is 0 Å². The molecule has 0 spiro atoms. The number of nitro groups is 1. The summed E-state index contributed by atoms with van der Waals surface area (Å²) in [4.78, 5) is 25.7. The highest BCUT2D eigenvalue weighted by Gasteiger charge is 2.22. The average molecular weight is 403 g/mol. The van der Waals surface area contributed by atoms with Crippen molar-refractivity contribution in [3.05, 3.63) is 99.1 Å². The van der Waals surface area contributed by atoms with Crippen molar-refractivity contribution in [2.45, 2.75) is 20.0 Å². The highest BCUT2D eigenvalue weighted by molar-refractivity contribution is 5.98. The van der Waals surface area contributed by atoms with Gasteiger partial charge in [-0.25, -0.2) is 0 Å². The van der Waals surface area contributed by atoms with Crippen LogP contribution >= 0.6 is 0 Å². The highest BCUT2D eigenvalue weighted by atomic mass is 16.6. The van der Waals surface area contributed by atoms with Crippen molar-refractivity contribution < 1.29 is 9.72 Å². The lowest BCUT2D eigenvalue weighted by molar-refractivity contribution is -0.385. The molecular formula is C24H25N3O3. The van der Waals surface area contributed by atoms with E-state index in [1.807, 2.05) is 38.4 Å². The van der Waals surface area contributed by atoms with Gasteiger partial charge in [0.2, 0.25) is 0 Å². The summed E-state index contributed by atoms with van der Waals surface area (Å²) in [6, 6.07) is 20.9. The van der Waals surface area contributed by atoms with E-state index in [9.17, 15) is 14.9 Å². The van der Waals surface area contributed by atoms with Crippen LogP contribution in [0.1, 0.15) is 27.0 Å². The number of nitro benzene ring substituents is 1. The van der Waals surface area contributed by atoms with E-state index in [-0.39, 0.29) is 17.8 Å². The normalized spacial score (nSPS) is 10.8. The van der Waals surface area contributed by atoms with E-state index in [0.717, 1.165) is 23.2 Å². The van der Waals surface area contributed by atoms with Crippen LogP contribution in [0.4, 0.5) is 5.69 Å². The highest BCUT2D eigenvalue weighted by Crippen LogP contribution is 2.26. The summed E-state index contributed by atoms with van der Waals surface area (Å²) in [5.41, 5.74) is 4.63. The zero-order valence-electron chi connectivity index (χ0n) is 17.4. The van der Waals surface area contributed by atoms with Gasteiger partial charge in [-0.2, -0.15) is 0 Å². The third kappa shape index (κ3) is 4.90. The molecule has 0 saturated carbocycles. The first-order chi connectivity index (χ1) is 14.4. The van der Waals surface area contributed by atoms with Gasteiger partial charge < -0.3 is 10.2 Å². The minimum absolute atomic E-state index is 0.0746. The van der Waals surface area contributed by atoms with Gasteiger partial charge in [-0.15, -0.1) is 0 Å². The summed E-state index contributed by atoms with van der Waals surface area (Å²) in [5.74, 6) is -0.457. The monoisotopic (exact) mass is 403 g/mol. The second-order valence-corrected chi connectivity index (χ2v) is 7.50. The number of nitrogens with zero attached hydrogens (tertiary/aromatic N) is 2. The fraction of sp³-hybridized carbons (Fsp3) is 0.208.